The molecule has 0 radical (unpaired) electrons. The number of aliphatic hydroxyl groups excluding tert-OH is 1. The monoisotopic (exact) mass is 111 g/mol. The lowest BCUT2D eigenvalue weighted by molar-refractivity contribution is 0.305. The van der Waals surface area contributed by atoms with Crippen LogP contribution in [0.15, 0.2) is 4.99 Å². The molecular weight excluding hydrogens is 106 g/mol. The summed E-state index contributed by atoms with van der Waals surface area (Å²) in [5.41, 5.74) is 0. The van der Waals surface area contributed by atoms with Crippen LogP contribution in [0.1, 0.15) is 6.42 Å². The SMILES string of the molecule is O=C=NC#CCCO. The highest BCUT2D eigenvalue weighted by molar-refractivity contribution is 5.36. The quantitative estimate of drug-likeness (QED) is 0.286. The summed E-state index contributed by atoms with van der Waals surface area (Å²) < 4.78 is 0. The second-order valence-corrected chi connectivity index (χ2v) is 0.965. The molecule has 0 atom stereocenters. The van der Waals surface area contributed by atoms with E-state index in [1.54, 1.807) is 0 Å². The Bertz CT molecular complexity index is 148. The van der Waals surface area contributed by atoms with E-state index in [1.165, 1.54) is 6.08 Å². The largest absolute Gasteiger partial charge is 0.395 e. The molecule has 0 rings (SSSR count). The average Bonchev–Trinajstić information content (AvgIpc) is 1.81. The van der Waals surface area contributed by atoms with Crippen molar-refractivity contribution in [3.8, 4) is 12.0 Å². The van der Waals surface area contributed by atoms with Gasteiger partial charge in [0.05, 0.1) is 6.61 Å². The van der Waals surface area contributed by atoms with E-state index >= 15 is 0 Å². The van der Waals surface area contributed by atoms with Crippen LogP contribution in [0.25, 0.3) is 0 Å². The van der Waals surface area contributed by atoms with E-state index < -0.39 is 0 Å². The molecule has 0 fully saturated rings. The Morgan fingerprint density at radius 3 is 2.88 bits per heavy atom. The van der Waals surface area contributed by atoms with Gasteiger partial charge in [-0.2, -0.15) is 0 Å². The van der Waals surface area contributed by atoms with Crippen molar-refractivity contribution in [3.05, 3.63) is 0 Å². The number of isocyanates is 1. The molecule has 42 valence electrons. The molecule has 0 saturated carbocycles. The van der Waals surface area contributed by atoms with Gasteiger partial charge in [0.2, 0.25) is 6.08 Å². The van der Waals surface area contributed by atoms with E-state index in [0.717, 1.165) is 0 Å². The van der Waals surface area contributed by atoms with Crippen LogP contribution < -0.4 is 0 Å². The molecule has 1 N–H and O–H groups in total. The highest BCUT2D eigenvalue weighted by atomic mass is 16.2. The minimum absolute atomic E-state index is 0.00137. The lowest BCUT2D eigenvalue weighted by Gasteiger charge is -1.72. The fourth-order valence-electron chi connectivity index (χ4n) is 0.174. The van der Waals surface area contributed by atoms with Gasteiger partial charge in [0.1, 0.15) is 0 Å². The standard InChI is InChI=1S/C5H5NO2/c7-4-2-1-3-6-5-8/h7H,2,4H2. The number of carbonyl (C=O) groups excluding carboxylic acids is 1. The highest BCUT2D eigenvalue weighted by Crippen LogP contribution is 1.67. The zero-order valence-corrected chi connectivity index (χ0v) is 4.22. The highest BCUT2D eigenvalue weighted by Gasteiger charge is 1.67. The van der Waals surface area contributed by atoms with Gasteiger partial charge in [-0.15, -0.1) is 4.99 Å². The third-order valence-corrected chi connectivity index (χ3v) is 0.417. The summed E-state index contributed by atoms with van der Waals surface area (Å²) in [5, 5.41) is 8.12. The Kier molecular flexibility index (Phi) is 5.09. The van der Waals surface area contributed by atoms with Crippen LogP contribution in [-0.2, 0) is 4.79 Å². The third-order valence-electron chi connectivity index (χ3n) is 0.417. The molecule has 0 spiro atoms. The third kappa shape index (κ3) is 4.90. The first-order valence-electron chi connectivity index (χ1n) is 2.07. The normalized spacial score (nSPS) is 6.12. The summed E-state index contributed by atoms with van der Waals surface area (Å²) >= 11 is 0. The summed E-state index contributed by atoms with van der Waals surface area (Å²) in [5.74, 6) is 2.41. The van der Waals surface area contributed by atoms with Crippen LogP contribution in [0.2, 0.25) is 0 Å². The Balaban J connectivity index is 3.35. The lowest BCUT2D eigenvalue weighted by atomic mass is 10.5. The van der Waals surface area contributed by atoms with Gasteiger partial charge in [0, 0.05) is 12.5 Å². The van der Waals surface area contributed by atoms with Gasteiger partial charge in [0.15, 0.2) is 0 Å². The van der Waals surface area contributed by atoms with Gasteiger partial charge in [-0.05, 0) is 0 Å². The lowest BCUT2D eigenvalue weighted by Crippen LogP contribution is -1.74. The zero-order valence-electron chi connectivity index (χ0n) is 4.22. The second-order valence-electron chi connectivity index (χ2n) is 0.965. The first-order chi connectivity index (χ1) is 3.91. The predicted molar refractivity (Wildman–Crippen MR) is 27.6 cm³/mol. The van der Waals surface area contributed by atoms with Crippen LogP contribution in [0.4, 0.5) is 0 Å². The van der Waals surface area contributed by atoms with Crippen molar-refractivity contribution in [2.24, 2.45) is 4.99 Å². The maximum Gasteiger partial charge on any atom is 0.249 e. The molecule has 0 saturated heterocycles. The molecule has 0 aliphatic carbocycles. The average molecular weight is 111 g/mol. The molecule has 0 amide bonds. The summed E-state index contributed by atoms with van der Waals surface area (Å²) in [6, 6.07) is 2.13. The molecule has 0 unspecified atom stereocenters. The Morgan fingerprint density at radius 1 is 1.62 bits per heavy atom. The first kappa shape index (κ1) is 6.90. The Hall–Kier alpha value is -1.10. The van der Waals surface area contributed by atoms with Crippen LogP contribution in [0.3, 0.4) is 0 Å². The minimum Gasteiger partial charge on any atom is -0.395 e. The molecule has 0 aliphatic heterocycles. The van der Waals surface area contributed by atoms with Crippen LogP contribution in [0, 0.1) is 12.0 Å². The molecule has 0 aromatic carbocycles. The summed E-state index contributed by atoms with van der Waals surface area (Å²) in [6.07, 6.45) is 1.60. The first-order valence-corrected chi connectivity index (χ1v) is 2.07. The van der Waals surface area contributed by atoms with Crippen molar-refractivity contribution in [1.29, 1.82) is 0 Å². The van der Waals surface area contributed by atoms with Crippen molar-refractivity contribution < 1.29 is 9.90 Å². The van der Waals surface area contributed by atoms with E-state index in [9.17, 15) is 4.79 Å². The number of nitrogens with zero attached hydrogens (tertiary/aromatic N) is 1. The molecular formula is C5H5NO2. The van der Waals surface area contributed by atoms with Crippen molar-refractivity contribution in [1.82, 2.24) is 0 Å². The molecule has 0 aromatic heterocycles. The fraction of sp³-hybridized carbons (Fsp3) is 0.400. The van der Waals surface area contributed by atoms with Crippen molar-refractivity contribution in [2.45, 2.75) is 6.42 Å². The van der Waals surface area contributed by atoms with Gasteiger partial charge in [-0.3, -0.25) is 0 Å². The molecule has 0 bridgehead atoms. The van der Waals surface area contributed by atoms with Gasteiger partial charge in [0.25, 0.3) is 0 Å². The van der Waals surface area contributed by atoms with Crippen molar-refractivity contribution in [2.75, 3.05) is 6.61 Å². The molecule has 0 aromatic rings. The van der Waals surface area contributed by atoms with E-state index in [-0.39, 0.29) is 6.61 Å². The van der Waals surface area contributed by atoms with Crippen LogP contribution >= 0.6 is 0 Å². The summed E-state index contributed by atoms with van der Waals surface area (Å²) in [6.45, 7) is 0.00137. The topological polar surface area (TPSA) is 49.7 Å². The smallest absolute Gasteiger partial charge is 0.249 e. The zero-order chi connectivity index (χ0) is 6.24. The summed E-state index contributed by atoms with van der Waals surface area (Å²) in [7, 11) is 0. The number of hydrogen-bond donors (Lipinski definition) is 1. The molecule has 0 heterocycles. The van der Waals surface area contributed by atoms with E-state index in [2.05, 4.69) is 17.0 Å². The fourth-order valence-corrected chi connectivity index (χ4v) is 0.174. The Labute approximate surface area is 47.0 Å². The van der Waals surface area contributed by atoms with Gasteiger partial charge >= 0.3 is 0 Å². The maximum absolute atomic E-state index is 9.31. The number of aliphatic imine (C=N–C) groups is 1. The van der Waals surface area contributed by atoms with Crippen LogP contribution in [0.5, 0.6) is 0 Å². The Morgan fingerprint density at radius 2 is 2.38 bits per heavy atom. The van der Waals surface area contributed by atoms with Gasteiger partial charge in [-0.1, -0.05) is 5.92 Å². The van der Waals surface area contributed by atoms with Crippen molar-refractivity contribution in [3.63, 3.8) is 0 Å². The van der Waals surface area contributed by atoms with E-state index in [1.807, 2.05) is 0 Å². The van der Waals surface area contributed by atoms with Gasteiger partial charge < -0.3 is 5.11 Å². The molecule has 8 heavy (non-hydrogen) atoms. The minimum atomic E-state index is 0.00137. The number of aliphatic hydroxyl groups is 1. The predicted octanol–water partition coefficient (Wildman–Crippen LogP) is -0.334. The number of rotatable bonds is 1. The van der Waals surface area contributed by atoms with Gasteiger partial charge in [-0.25, -0.2) is 4.79 Å². The van der Waals surface area contributed by atoms with E-state index in [0.29, 0.717) is 6.42 Å². The maximum atomic E-state index is 9.31. The molecule has 3 nitrogen and oxygen atoms in total. The molecule has 3 heteroatoms. The van der Waals surface area contributed by atoms with Crippen molar-refractivity contribution >= 4 is 6.08 Å². The summed E-state index contributed by atoms with van der Waals surface area (Å²) in [4.78, 5) is 12.2. The number of hydrogen-bond acceptors (Lipinski definition) is 3. The van der Waals surface area contributed by atoms with Crippen LogP contribution in [-0.4, -0.2) is 17.8 Å². The second kappa shape index (κ2) is 5.90. The van der Waals surface area contributed by atoms with E-state index in [4.69, 9.17) is 5.11 Å². The molecule has 0 aliphatic rings.